The molecule has 4 atom stereocenters. The van der Waals surface area contributed by atoms with Gasteiger partial charge in [-0.05, 0) is 40.3 Å². The van der Waals surface area contributed by atoms with Crippen molar-refractivity contribution in [3.8, 4) is 5.75 Å². The fourth-order valence-corrected chi connectivity index (χ4v) is 5.06. The van der Waals surface area contributed by atoms with Crippen molar-refractivity contribution < 1.29 is 38.7 Å². The number of aliphatic hydroxyl groups is 1. The number of ether oxygens (including phenoxy) is 2. The minimum atomic E-state index is -0.784. The summed E-state index contributed by atoms with van der Waals surface area (Å²) in [5.41, 5.74) is 1.49. The Bertz CT molecular complexity index is 1050. The maximum absolute atomic E-state index is 13.1. The van der Waals surface area contributed by atoms with Gasteiger partial charge < -0.3 is 19.5 Å². The molecule has 1 amide bonds. The van der Waals surface area contributed by atoms with Gasteiger partial charge >= 0.3 is 11.9 Å². The molecule has 2 heterocycles. The van der Waals surface area contributed by atoms with Gasteiger partial charge in [0.15, 0.2) is 0 Å². The maximum atomic E-state index is 13.1. The number of halogens is 1. The number of amides is 1. The third kappa shape index (κ3) is 5.44. The predicted octanol–water partition coefficient (Wildman–Crippen LogP) is 2.92. The normalized spacial score (nSPS) is 21.7. The number of fused-ring (bicyclic) bond motifs is 1. The second-order valence-corrected chi connectivity index (χ2v) is 9.41. The van der Waals surface area contributed by atoms with Crippen molar-refractivity contribution in [1.82, 2.24) is 4.90 Å². The first-order valence-corrected chi connectivity index (χ1v) is 12.1. The lowest BCUT2D eigenvalue weighted by Gasteiger charge is -2.47. The van der Waals surface area contributed by atoms with Crippen molar-refractivity contribution in [2.45, 2.75) is 26.5 Å². The Balaban J connectivity index is 1.84. The fraction of sp³-hybridized carbons (Fsp3) is 0.400. The van der Waals surface area contributed by atoms with Gasteiger partial charge in [-0.1, -0.05) is 38.6 Å². The summed E-state index contributed by atoms with van der Waals surface area (Å²) in [6.45, 7) is 10.5. The van der Waals surface area contributed by atoms with Crippen LogP contribution >= 0.6 is 22.6 Å². The lowest BCUT2D eigenvalue weighted by Crippen LogP contribution is -2.63. The van der Waals surface area contributed by atoms with Crippen molar-refractivity contribution in [1.29, 1.82) is 0 Å². The SMILES string of the molecule is C=CCOOC(=O)C(C)C1C(=O)N2C(C(=O)OCC=C)=C(COc3ccc(CO)cc3I)C(C)C12. The van der Waals surface area contributed by atoms with Gasteiger partial charge in [-0.3, -0.25) is 9.68 Å². The smallest absolute Gasteiger partial charge is 0.355 e. The van der Waals surface area contributed by atoms with E-state index in [1.807, 2.05) is 6.92 Å². The summed E-state index contributed by atoms with van der Waals surface area (Å²) < 4.78 is 12.1. The lowest BCUT2D eigenvalue weighted by molar-refractivity contribution is -0.271. The maximum Gasteiger partial charge on any atom is 0.355 e. The largest absolute Gasteiger partial charge is 0.488 e. The van der Waals surface area contributed by atoms with Crippen LogP contribution in [0.3, 0.4) is 0 Å². The first-order chi connectivity index (χ1) is 16.8. The summed E-state index contributed by atoms with van der Waals surface area (Å²) in [5.74, 6) is -2.85. The highest BCUT2D eigenvalue weighted by atomic mass is 127. The number of rotatable bonds is 12. The molecule has 0 aliphatic carbocycles. The van der Waals surface area contributed by atoms with Crippen LogP contribution in [0.4, 0.5) is 0 Å². The summed E-state index contributed by atoms with van der Waals surface area (Å²) in [6, 6.07) is 4.87. The van der Waals surface area contributed by atoms with Gasteiger partial charge in [-0.25, -0.2) is 9.59 Å². The van der Waals surface area contributed by atoms with Crippen LogP contribution in [0.1, 0.15) is 19.4 Å². The molecule has 1 aromatic rings. The zero-order valence-electron chi connectivity index (χ0n) is 19.6. The molecule has 2 aliphatic heterocycles. The Hall–Kier alpha value is -2.70. The highest BCUT2D eigenvalue weighted by Gasteiger charge is 2.61. The Labute approximate surface area is 217 Å². The predicted molar refractivity (Wildman–Crippen MR) is 133 cm³/mol. The number of benzene rings is 1. The van der Waals surface area contributed by atoms with Crippen molar-refractivity contribution >= 4 is 40.4 Å². The van der Waals surface area contributed by atoms with Crippen LogP contribution in [-0.4, -0.2) is 53.7 Å². The van der Waals surface area contributed by atoms with E-state index < -0.39 is 29.8 Å². The number of aliphatic hydroxyl groups excluding tert-OH is 1. The second kappa shape index (κ2) is 11.8. The van der Waals surface area contributed by atoms with Gasteiger partial charge in [0.2, 0.25) is 5.91 Å². The van der Waals surface area contributed by atoms with E-state index >= 15 is 0 Å². The van der Waals surface area contributed by atoms with Gasteiger partial charge in [0.1, 0.15) is 31.3 Å². The highest BCUT2D eigenvalue weighted by molar-refractivity contribution is 14.1. The molecule has 0 bridgehead atoms. The van der Waals surface area contributed by atoms with Crippen LogP contribution in [0.5, 0.6) is 5.75 Å². The molecule has 1 aromatic carbocycles. The first-order valence-electron chi connectivity index (χ1n) is 11.1. The Morgan fingerprint density at radius 1 is 1.26 bits per heavy atom. The Morgan fingerprint density at radius 3 is 2.60 bits per heavy atom. The van der Waals surface area contributed by atoms with Crippen LogP contribution in [0.25, 0.3) is 0 Å². The van der Waals surface area contributed by atoms with Crippen LogP contribution in [-0.2, 0) is 35.5 Å². The number of carbonyl (C=O) groups is 3. The highest BCUT2D eigenvalue weighted by Crippen LogP contribution is 2.49. The zero-order chi connectivity index (χ0) is 25.7. The molecule has 35 heavy (non-hydrogen) atoms. The molecule has 0 saturated carbocycles. The summed E-state index contributed by atoms with van der Waals surface area (Å²) in [6.07, 6.45) is 2.88. The number of β-lactam (4-membered cyclic amide) rings is 1. The molecular formula is C25H28INO8. The molecule has 1 N–H and O–H groups in total. The van der Waals surface area contributed by atoms with Crippen molar-refractivity contribution in [2.24, 2.45) is 17.8 Å². The molecule has 9 nitrogen and oxygen atoms in total. The average Bonchev–Trinajstić information content (AvgIpc) is 3.09. The van der Waals surface area contributed by atoms with Gasteiger partial charge in [-0.2, -0.15) is 4.89 Å². The van der Waals surface area contributed by atoms with E-state index in [9.17, 15) is 19.5 Å². The minimum absolute atomic E-state index is 0.00906. The quantitative estimate of drug-likeness (QED) is 0.0745. The summed E-state index contributed by atoms with van der Waals surface area (Å²) >= 11 is 2.11. The first kappa shape index (κ1) is 26.9. The molecule has 0 spiro atoms. The molecule has 1 fully saturated rings. The zero-order valence-corrected chi connectivity index (χ0v) is 21.7. The van der Waals surface area contributed by atoms with E-state index in [0.29, 0.717) is 11.3 Å². The fourth-order valence-electron chi connectivity index (χ4n) is 4.32. The van der Waals surface area contributed by atoms with Gasteiger partial charge in [0.25, 0.3) is 0 Å². The standard InChI is InChI=1S/C25H28INO8/c1-5-9-32-25(31)22-17(13-33-19-8-7-16(12-28)11-18(19)26)14(3)21-20(23(29)27(21)22)15(4)24(30)35-34-10-6-2/h5-8,11,14-15,20-21,28H,1-2,9-10,12-13H2,3-4H3. The number of nitrogens with zero attached hydrogens (tertiary/aromatic N) is 1. The second-order valence-electron chi connectivity index (χ2n) is 8.25. The third-order valence-corrected chi connectivity index (χ3v) is 6.96. The van der Waals surface area contributed by atoms with E-state index in [1.54, 1.807) is 25.1 Å². The molecule has 0 aromatic heterocycles. The van der Waals surface area contributed by atoms with Crippen LogP contribution in [0.15, 0.2) is 54.8 Å². The minimum Gasteiger partial charge on any atom is -0.488 e. The van der Waals surface area contributed by atoms with Gasteiger partial charge in [-0.15, -0.1) is 6.58 Å². The molecule has 3 rings (SSSR count). The molecule has 10 heteroatoms. The number of hydrogen-bond donors (Lipinski definition) is 1. The van der Waals surface area contributed by atoms with E-state index in [-0.39, 0.29) is 43.9 Å². The monoisotopic (exact) mass is 597 g/mol. The average molecular weight is 597 g/mol. The molecule has 4 unspecified atom stereocenters. The lowest BCUT2D eigenvalue weighted by atomic mass is 9.74. The van der Waals surface area contributed by atoms with E-state index in [2.05, 4.69) is 35.7 Å². The number of carbonyl (C=O) groups excluding carboxylic acids is 3. The van der Waals surface area contributed by atoms with Crippen LogP contribution in [0, 0.1) is 21.3 Å². The molecular weight excluding hydrogens is 569 g/mol. The topological polar surface area (TPSA) is 112 Å². The van der Waals surface area contributed by atoms with Gasteiger partial charge in [0.05, 0.1) is 28.1 Å². The summed E-state index contributed by atoms with van der Waals surface area (Å²) in [4.78, 5) is 49.4. The summed E-state index contributed by atoms with van der Waals surface area (Å²) in [5, 5.41) is 9.32. The summed E-state index contributed by atoms with van der Waals surface area (Å²) in [7, 11) is 0. The molecule has 1 saturated heterocycles. The molecule has 188 valence electrons. The molecule has 2 aliphatic rings. The number of hydrogen-bond acceptors (Lipinski definition) is 8. The van der Waals surface area contributed by atoms with Gasteiger partial charge in [0, 0.05) is 11.5 Å². The Kier molecular flexibility index (Phi) is 9.09. The van der Waals surface area contributed by atoms with E-state index in [4.69, 9.17) is 19.2 Å². The van der Waals surface area contributed by atoms with Crippen molar-refractivity contribution in [3.05, 3.63) is 63.9 Å². The van der Waals surface area contributed by atoms with Crippen LogP contribution in [0.2, 0.25) is 0 Å². The van der Waals surface area contributed by atoms with E-state index in [0.717, 1.165) is 9.13 Å². The van der Waals surface area contributed by atoms with E-state index in [1.165, 1.54) is 17.1 Å². The molecule has 0 radical (unpaired) electrons. The van der Waals surface area contributed by atoms with Crippen molar-refractivity contribution in [3.63, 3.8) is 0 Å². The third-order valence-electron chi connectivity index (χ3n) is 6.12. The number of esters is 1. The Morgan fingerprint density at radius 2 is 1.97 bits per heavy atom. The van der Waals surface area contributed by atoms with Crippen LogP contribution < -0.4 is 4.74 Å². The van der Waals surface area contributed by atoms with Crippen molar-refractivity contribution in [2.75, 3.05) is 19.8 Å².